The van der Waals surface area contributed by atoms with Crippen molar-refractivity contribution in [2.24, 2.45) is 5.41 Å². The number of likely N-dealkylation sites (tertiary alicyclic amines) is 1. The van der Waals surface area contributed by atoms with Crippen molar-refractivity contribution in [3.63, 3.8) is 0 Å². The van der Waals surface area contributed by atoms with E-state index in [0.29, 0.717) is 24.4 Å². The maximum atomic E-state index is 12.8. The lowest BCUT2D eigenvalue weighted by molar-refractivity contribution is -0.0675. The lowest BCUT2D eigenvalue weighted by atomic mass is 9.52. The third kappa shape index (κ3) is 4.49. The van der Waals surface area contributed by atoms with Crippen LogP contribution in [0.2, 0.25) is 0 Å². The van der Waals surface area contributed by atoms with Crippen molar-refractivity contribution in [1.82, 2.24) is 10.2 Å². The number of Topliss-reactive ketones (excluding diaryl/α,β-unsaturated/α-hetero) is 1. The number of nitrogens with one attached hydrogen (secondary N) is 1. The molecule has 3 atom stereocenters. The van der Waals surface area contributed by atoms with E-state index in [2.05, 4.69) is 74.3 Å². The average Bonchev–Trinajstić information content (AvgIpc) is 2.76. The molecule has 1 saturated heterocycles. The first-order valence-corrected chi connectivity index (χ1v) is 12.0. The molecular formula is C28H38N2O. The van der Waals surface area contributed by atoms with Gasteiger partial charge in [0, 0.05) is 36.5 Å². The van der Waals surface area contributed by atoms with Crippen molar-refractivity contribution in [1.29, 1.82) is 0 Å². The van der Waals surface area contributed by atoms with Crippen LogP contribution in [-0.2, 0) is 0 Å². The van der Waals surface area contributed by atoms with Gasteiger partial charge in [-0.3, -0.25) is 9.69 Å². The van der Waals surface area contributed by atoms with Gasteiger partial charge in [0.25, 0.3) is 0 Å². The molecule has 0 bridgehead atoms. The van der Waals surface area contributed by atoms with Crippen molar-refractivity contribution in [2.75, 3.05) is 19.6 Å². The molecule has 1 N–H and O–H groups in total. The molecule has 0 amide bonds. The van der Waals surface area contributed by atoms with Gasteiger partial charge in [0.2, 0.25) is 0 Å². The number of piperidine rings is 1. The van der Waals surface area contributed by atoms with Crippen LogP contribution in [0, 0.1) is 19.3 Å². The Bertz CT molecular complexity index is 898. The Morgan fingerprint density at radius 2 is 1.71 bits per heavy atom. The van der Waals surface area contributed by atoms with Crippen molar-refractivity contribution in [3.8, 4) is 0 Å². The first kappa shape index (κ1) is 22.2. The Labute approximate surface area is 188 Å². The van der Waals surface area contributed by atoms with Crippen LogP contribution in [0.1, 0.15) is 72.5 Å². The van der Waals surface area contributed by atoms with Crippen LogP contribution < -0.4 is 5.32 Å². The van der Waals surface area contributed by atoms with E-state index in [4.69, 9.17) is 0 Å². The highest BCUT2D eigenvalue weighted by Gasteiger charge is 2.58. The molecule has 2 fully saturated rings. The molecular weight excluding hydrogens is 380 g/mol. The van der Waals surface area contributed by atoms with E-state index in [1.807, 2.05) is 12.1 Å². The highest BCUT2D eigenvalue weighted by atomic mass is 16.1. The molecule has 4 rings (SSSR count). The molecule has 1 aliphatic heterocycles. The SMILES string of the molecule is Cc1ccc(C(=O)CCNC2C(c3ccccc3)C(C)(C)C2N2CCCCC2)cc1C. The van der Waals surface area contributed by atoms with E-state index in [0.717, 1.165) is 12.1 Å². The molecule has 3 nitrogen and oxygen atoms in total. The minimum Gasteiger partial charge on any atom is -0.311 e. The van der Waals surface area contributed by atoms with Gasteiger partial charge < -0.3 is 5.32 Å². The molecule has 0 spiro atoms. The maximum absolute atomic E-state index is 12.8. The van der Waals surface area contributed by atoms with Gasteiger partial charge in [-0.05, 0) is 68.0 Å². The second-order valence-electron chi connectivity index (χ2n) is 10.2. The molecule has 2 aromatic rings. The fraction of sp³-hybridized carbons (Fsp3) is 0.536. The normalized spacial score (nSPS) is 25.7. The molecule has 3 heteroatoms. The topological polar surface area (TPSA) is 32.3 Å². The smallest absolute Gasteiger partial charge is 0.164 e. The van der Waals surface area contributed by atoms with Gasteiger partial charge in [-0.1, -0.05) is 62.7 Å². The summed E-state index contributed by atoms with van der Waals surface area (Å²) in [5, 5.41) is 3.83. The number of ketones is 1. The fourth-order valence-electron chi connectivity index (χ4n) is 6.01. The fourth-order valence-corrected chi connectivity index (χ4v) is 6.01. The first-order valence-electron chi connectivity index (χ1n) is 12.0. The van der Waals surface area contributed by atoms with Crippen LogP contribution in [0.25, 0.3) is 0 Å². The summed E-state index contributed by atoms with van der Waals surface area (Å²) in [7, 11) is 0. The molecule has 3 unspecified atom stereocenters. The predicted molar refractivity (Wildman–Crippen MR) is 129 cm³/mol. The molecule has 0 radical (unpaired) electrons. The van der Waals surface area contributed by atoms with Crippen LogP contribution in [0.4, 0.5) is 0 Å². The largest absolute Gasteiger partial charge is 0.311 e. The van der Waals surface area contributed by atoms with Crippen molar-refractivity contribution in [2.45, 2.75) is 71.4 Å². The number of benzene rings is 2. The summed E-state index contributed by atoms with van der Waals surface area (Å²) in [5.41, 5.74) is 4.90. The third-order valence-electron chi connectivity index (χ3n) is 7.77. The zero-order valence-electron chi connectivity index (χ0n) is 19.7. The van der Waals surface area contributed by atoms with E-state index >= 15 is 0 Å². The van der Waals surface area contributed by atoms with E-state index < -0.39 is 0 Å². The quantitative estimate of drug-likeness (QED) is 0.602. The summed E-state index contributed by atoms with van der Waals surface area (Å²) in [6.45, 7) is 12.2. The number of carbonyl (C=O) groups is 1. The number of hydrogen-bond donors (Lipinski definition) is 1. The van der Waals surface area contributed by atoms with Crippen LogP contribution in [-0.4, -0.2) is 42.4 Å². The van der Waals surface area contributed by atoms with Gasteiger partial charge in [-0.15, -0.1) is 0 Å². The lowest BCUT2D eigenvalue weighted by Crippen LogP contribution is -2.72. The van der Waals surface area contributed by atoms with Crippen molar-refractivity contribution >= 4 is 5.78 Å². The second kappa shape index (κ2) is 9.26. The summed E-state index contributed by atoms with van der Waals surface area (Å²) in [6.07, 6.45) is 4.52. The number of nitrogens with zero attached hydrogens (tertiary/aromatic N) is 1. The zero-order valence-corrected chi connectivity index (χ0v) is 19.7. The number of rotatable bonds is 7. The van der Waals surface area contributed by atoms with Crippen molar-refractivity contribution in [3.05, 3.63) is 70.8 Å². The first-order chi connectivity index (χ1) is 14.9. The Kier molecular flexibility index (Phi) is 6.64. The number of hydrogen-bond acceptors (Lipinski definition) is 3. The van der Waals surface area contributed by atoms with Gasteiger partial charge in [-0.2, -0.15) is 0 Å². The average molecular weight is 419 g/mol. The van der Waals surface area contributed by atoms with Crippen LogP contribution >= 0.6 is 0 Å². The molecule has 2 aliphatic rings. The third-order valence-corrected chi connectivity index (χ3v) is 7.77. The minimum atomic E-state index is 0.217. The van der Waals surface area contributed by atoms with E-state index in [-0.39, 0.29) is 11.2 Å². The Hall–Kier alpha value is -1.97. The Balaban J connectivity index is 1.47. The zero-order chi connectivity index (χ0) is 22.0. The summed E-state index contributed by atoms with van der Waals surface area (Å²) in [4.78, 5) is 15.5. The van der Waals surface area contributed by atoms with E-state index in [1.54, 1.807) is 0 Å². The number of carbonyl (C=O) groups excluding carboxylic acids is 1. The van der Waals surface area contributed by atoms with E-state index in [1.165, 1.54) is 49.0 Å². The summed E-state index contributed by atoms with van der Waals surface area (Å²) < 4.78 is 0. The van der Waals surface area contributed by atoms with Crippen LogP contribution in [0.3, 0.4) is 0 Å². The second-order valence-corrected chi connectivity index (χ2v) is 10.2. The summed E-state index contributed by atoms with van der Waals surface area (Å²) in [5.74, 6) is 0.706. The maximum Gasteiger partial charge on any atom is 0.164 e. The van der Waals surface area contributed by atoms with Gasteiger partial charge in [0.05, 0.1) is 0 Å². The summed E-state index contributed by atoms with van der Waals surface area (Å²) in [6, 6.07) is 17.9. The van der Waals surface area contributed by atoms with Crippen molar-refractivity contribution < 1.29 is 4.79 Å². The molecule has 0 aromatic heterocycles. The Morgan fingerprint density at radius 1 is 1.00 bits per heavy atom. The lowest BCUT2D eigenvalue weighted by Gasteiger charge is -2.63. The molecule has 31 heavy (non-hydrogen) atoms. The molecule has 1 heterocycles. The van der Waals surface area contributed by atoms with Gasteiger partial charge >= 0.3 is 0 Å². The minimum absolute atomic E-state index is 0.217. The Morgan fingerprint density at radius 3 is 2.39 bits per heavy atom. The monoisotopic (exact) mass is 418 g/mol. The van der Waals surface area contributed by atoms with Gasteiger partial charge in [-0.25, -0.2) is 0 Å². The molecule has 2 aromatic carbocycles. The van der Waals surface area contributed by atoms with Crippen LogP contribution in [0.15, 0.2) is 48.5 Å². The molecule has 166 valence electrons. The highest BCUT2D eigenvalue weighted by molar-refractivity contribution is 5.96. The highest BCUT2D eigenvalue weighted by Crippen LogP contribution is 2.55. The molecule has 1 aliphatic carbocycles. The van der Waals surface area contributed by atoms with Gasteiger partial charge in [0.1, 0.15) is 0 Å². The van der Waals surface area contributed by atoms with E-state index in [9.17, 15) is 4.79 Å². The summed E-state index contributed by atoms with van der Waals surface area (Å²) >= 11 is 0. The standard InChI is InChI=1S/C28H38N2O/c1-20-13-14-23(19-21(20)2)24(31)15-16-29-26-25(22-11-7-5-8-12-22)28(3,4)27(26)30-17-9-6-10-18-30/h5,7-8,11-14,19,25-27,29H,6,9-10,15-18H2,1-4H3. The predicted octanol–water partition coefficient (Wildman–Crippen LogP) is 5.51. The van der Waals surface area contributed by atoms with Gasteiger partial charge in [0.15, 0.2) is 5.78 Å². The number of aryl methyl sites for hydroxylation is 2. The van der Waals surface area contributed by atoms with Crippen LogP contribution in [0.5, 0.6) is 0 Å². The molecule has 1 saturated carbocycles.